The van der Waals surface area contributed by atoms with Gasteiger partial charge in [0.05, 0.1) is 6.42 Å². The predicted octanol–water partition coefficient (Wildman–Crippen LogP) is 2.26. The molecule has 1 unspecified atom stereocenters. The van der Waals surface area contributed by atoms with E-state index in [-0.39, 0.29) is 29.0 Å². The van der Waals surface area contributed by atoms with Crippen LogP contribution in [-0.2, 0) is 14.4 Å². The van der Waals surface area contributed by atoms with Crippen molar-refractivity contribution < 1.29 is 19.5 Å². The highest BCUT2D eigenvalue weighted by Crippen LogP contribution is 2.19. The summed E-state index contributed by atoms with van der Waals surface area (Å²) in [7, 11) is 0. The molecule has 0 aliphatic heterocycles. The summed E-state index contributed by atoms with van der Waals surface area (Å²) < 4.78 is 0. The minimum absolute atomic E-state index is 0.0616. The van der Waals surface area contributed by atoms with Crippen LogP contribution < -0.4 is 0 Å². The van der Waals surface area contributed by atoms with E-state index in [0.29, 0.717) is 19.3 Å². The van der Waals surface area contributed by atoms with Crippen LogP contribution in [0.4, 0.5) is 0 Å². The van der Waals surface area contributed by atoms with Crippen molar-refractivity contribution in [2.45, 2.75) is 51.2 Å². The summed E-state index contributed by atoms with van der Waals surface area (Å²) in [4.78, 5) is 32.6. The van der Waals surface area contributed by atoms with Gasteiger partial charge >= 0.3 is 5.97 Å². The summed E-state index contributed by atoms with van der Waals surface area (Å²) in [6.45, 7) is 3.70. The molecule has 0 amide bonds. The number of aliphatic carboxylic acids is 1. The lowest BCUT2D eigenvalue weighted by molar-refractivity contribution is -0.138. The Morgan fingerprint density at radius 3 is 2.31 bits per heavy atom. The quantitative estimate of drug-likeness (QED) is 0.711. The molecular weight excluding hydrogens is 228 g/mol. The van der Waals surface area contributed by atoms with E-state index < -0.39 is 5.97 Å². The highest BCUT2D eigenvalue weighted by Gasteiger charge is 2.12. The molecule has 0 heterocycles. The fourth-order valence-electron chi connectivity index (χ4n) is 1.09. The standard InChI is InChI=1S/C11H18O4S/c1-3-9(12)5-4-8(2)16-11(15)7-6-10(13)14/h8H,3-7H2,1-2H3,(H,13,14). The number of hydrogen-bond donors (Lipinski definition) is 1. The Labute approximate surface area is 99.8 Å². The molecule has 92 valence electrons. The molecule has 0 aliphatic rings. The van der Waals surface area contributed by atoms with Gasteiger partial charge in [-0.3, -0.25) is 14.4 Å². The summed E-state index contributed by atoms with van der Waals surface area (Å²) in [5.41, 5.74) is 0. The minimum Gasteiger partial charge on any atom is -0.481 e. The van der Waals surface area contributed by atoms with E-state index in [0.717, 1.165) is 11.8 Å². The van der Waals surface area contributed by atoms with Crippen LogP contribution in [0.2, 0.25) is 0 Å². The fraction of sp³-hybridized carbons (Fsp3) is 0.727. The number of carboxylic acids is 1. The average molecular weight is 246 g/mol. The first-order valence-electron chi connectivity index (χ1n) is 5.38. The molecule has 0 saturated heterocycles. The van der Waals surface area contributed by atoms with Crippen LogP contribution in [0.1, 0.15) is 46.0 Å². The molecule has 0 fully saturated rings. The van der Waals surface area contributed by atoms with Crippen molar-refractivity contribution in [2.75, 3.05) is 0 Å². The molecule has 0 bridgehead atoms. The van der Waals surface area contributed by atoms with Crippen LogP contribution >= 0.6 is 11.8 Å². The van der Waals surface area contributed by atoms with E-state index >= 15 is 0 Å². The first-order chi connectivity index (χ1) is 7.45. The molecule has 0 aromatic rings. The smallest absolute Gasteiger partial charge is 0.303 e. The second kappa shape index (κ2) is 8.33. The van der Waals surface area contributed by atoms with E-state index in [4.69, 9.17) is 5.11 Å². The van der Waals surface area contributed by atoms with Crippen molar-refractivity contribution in [1.29, 1.82) is 0 Å². The maximum Gasteiger partial charge on any atom is 0.303 e. The highest BCUT2D eigenvalue weighted by atomic mass is 32.2. The highest BCUT2D eigenvalue weighted by molar-refractivity contribution is 8.14. The second-order valence-electron chi connectivity index (χ2n) is 3.63. The molecule has 1 atom stereocenters. The topological polar surface area (TPSA) is 71.4 Å². The zero-order valence-electron chi connectivity index (χ0n) is 9.69. The number of Topliss-reactive ketones (excluding diaryl/α,β-unsaturated/α-hetero) is 1. The van der Waals surface area contributed by atoms with Gasteiger partial charge in [-0.25, -0.2) is 0 Å². The maximum absolute atomic E-state index is 11.3. The monoisotopic (exact) mass is 246 g/mol. The van der Waals surface area contributed by atoms with Crippen molar-refractivity contribution in [3.8, 4) is 0 Å². The summed E-state index contributed by atoms with van der Waals surface area (Å²) in [5, 5.41) is 8.37. The third-order valence-electron chi connectivity index (χ3n) is 2.10. The molecule has 0 rings (SSSR count). The normalized spacial score (nSPS) is 12.1. The molecule has 1 N–H and O–H groups in total. The van der Waals surface area contributed by atoms with Crippen LogP contribution in [0, 0.1) is 0 Å². The van der Waals surface area contributed by atoms with Gasteiger partial charge in [-0.15, -0.1) is 0 Å². The van der Waals surface area contributed by atoms with Gasteiger partial charge in [0.25, 0.3) is 0 Å². The van der Waals surface area contributed by atoms with Gasteiger partial charge in [0.2, 0.25) is 0 Å². The molecular formula is C11H18O4S. The van der Waals surface area contributed by atoms with Gasteiger partial charge in [-0.05, 0) is 6.42 Å². The van der Waals surface area contributed by atoms with Crippen LogP contribution in [0.15, 0.2) is 0 Å². The number of ketones is 1. The van der Waals surface area contributed by atoms with Gasteiger partial charge in [0, 0.05) is 24.5 Å². The Hall–Kier alpha value is -0.840. The van der Waals surface area contributed by atoms with Crippen molar-refractivity contribution in [2.24, 2.45) is 0 Å². The number of carbonyl (C=O) groups excluding carboxylic acids is 2. The van der Waals surface area contributed by atoms with Crippen LogP contribution in [0.25, 0.3) is 0 Å². The summed E-state index contributed by atoms with van der Waals surface area (Å²) in [5.74, 6) is -0.756. The van der Waals surface area contributed by atoms with Crippen LogP contribution in [0.3, 0.4) is 0 Å². The maximum atomic E-state index is 11.3. The molecule has 0 spiro atoms. The number of carbonyl (C=O) groups is 3. The second-order valence-corrected chi connectivity index (χ2v) is 5.12. The Kier molecular flexibility index (Phi) is 7.89. The number of rotatable bonds is 8. The molecule has 0 aromatic carbocycles. The molecule has 5 heteroatoms. The molecule has 0 saturated carbocycles. The number of carboxylic acid groups (broad SMARTS) is 1. The van der Waals surface area contributed by atoms with Crippen molar-refractivity contribution >= 4 is 28.6 Å². The Bertz CT molecular complexity index is 263. The van der Waals surface area contributed by atoms with Gasteiger partial charge in [-0.2, -0.15) is 0 Å². The zero-order chi connectivity index (χ0) is 12.6. The lowest BCUT2D eigenvalue weighted by atomic mass is 10.1. The third kappa shape index (κ3) is 8.47. The molecule has 4 nitrogen and oxygen atoms in total. The van der Waals surface area contributed by atoms with Gasteiger partial charge in [0.1, 0.15) is 5.78 Å². The summed E-state index contributed by atoms with van der Waals surface area (Å²) in [6, 6.07) is 0. The van der Waals surface area contributed by atoms with E-state index in [2.05, 4.69) is 0 Å². The van der Waals surface area contributed by atoms with E-state index in [1.165, 1.54) is 0 Å². The Morgan fingerprint density at radius 2 is 1.81 bits per heavy atom. The van der Waals surface area contributed by atoms with Crippen LogP contribution in [0.5, 0.6) is 0 Å². The fourth-order valence-corrected chi connectivity index (χ4v) is 2.00. The number of thioether (sulfide) groups is 1. The van der Waals surface area contributed by atoms with Crippen molar-refractivity contribution in [3.63, 3.8) is 0 Å². The first kappa shape index (κ1) is 15.2. The average Bonchev–Trinajstić information content (AvgIpc) is 2.23. The van der Waals surface area contributed by atoms with E-state index in [1.54, 1.807) is 0 Å². The molecule has 0 radical (unpaired) electrons. The number of hydrogen-bond acceptors (Lipinski definition) is 4. The van der Waals surface area contributed by atoms with Crippen molar-refractivity contribution in [3.05, 3.63) is 0 Å². The van der Waals surface area contributed by atoms with Crippen molar-refractivity contribution in [1.82, 2.24) is 0 Å². The predicted molar refractivity (Wildman–Crippen MR) is 63.5 cm³/mol. The Morgan fingerprint density at radius 1 is 1.19 bits per heavy atom. The van der Waals surface area contributed by atoms with Gasteiger partial charge < -0.3 is 5.11 Å². The lowest BCUT2D eigenvalue weighted by Gasteiger charge is -2.08. The largest absolute Gasteiger partial charge is 0.481 e. The minimum atomic E-state index is -0.956. The first-order valence-corrected chi connectivity index (χ1v) is 6.26. The lowest BCUT2D eigenvalue weighted by Crippen LogP contribution is -2.07. The molecule has 0 aromatic heterocycles. The van der Waals surface area contributed by atoms with E-state index in [9.17, 15) is 14.4 Å². The SMILES string of the molecule is CCC(=O)CCC(C)SC(=O)CCC(=O)O. The molecule has 16 heavy (non-hydrogen) atoms. The third-order valence-corrected chi connectivity index (χ3v) is 3.20. The van der Waals surface area contributed by atoms with E-state index in [1.807, 2.05) is 13.8 Å². The Balaban J connectivity index is 3.69. The molecule has 0 aliphatic carbocycles. The van der Waals surface area contributed by atoms with Gasteiger partial charge in [-0.1, -0.05) is 25.6 Å². The summed E-state index contributed by atoms with van der Waals surface area (Å²) in [6.07, 6.45) is 1.65. The zero-order valence-corrected chi connectivity index (χ0v) is 10.5. The summed E-state index contributed by atoms with van der Waals surface area (Å²) >= 11 is 1.14. The van der Waals surface area contributed by atoms with Crippen LogP contribution in [-0.4, -0.2) is 27.2 Å². The van der Waals surface area contributed by atoms with Gasteiger partial charge in [0.15, 0.2) is 5.12 Å².